The van der Waals surface area contributed by atoms with Gasteiger partial charge in [0.1, 0.15) is 0 Å². The minimum absolute atomic E-state index is 1.16. The third-order valence-corrected chi connectivity index (χ3v) is 19.5. The van der Waals surface area contributed by atoms with Gasteiger partial charge in [0, 0.05) is 14.7 Å². The number of rotatable bonds is 61. The summed E-state index contributed by atoms with van der Waals surface area (Å²) < 4.78 is 0. The van der Waals surface area contributed by atoms with Crippen LogP contribution in [0.5, 0.6) is 0 Å². The fourth-order valence-corrected chi connectivity index (χ4v) is 14.6. The fourth-order valence-electron chi connectivity index (χ4n) is 10.7. The van der Waals surface area contributed by atoms with Crippen LogP contribution in [-0.2, 0) is 6.42 Å². The van der Waals surface area contributed by atoms with Gasteiger partial charge in [-0.15, -0.1) is 35.3 Å². The Balaban J connectivity index is 2.38. The van der Waals surface area contributed by atoms with E-state index < -0.39 is 0 Å². The summed E-state index contributed by atoms with van der Waals surface area (Å²) >= 11 is 6.62. The molecule has 71 heavy (non-hydrogen) atoms. The van der Waals surface area contributed by atoms with Crippen molar-refractivity contribution >= 4 is 35.3 Å². The molecule has 0 atom stereocenters. The van der Waals surface area contributed by atoms with Gasteiger partial charge in [-0.05, 0) is 60.6 Å². The van der Waals surface area contributed by atoms with Crippen molar-refractivity contribution in [2.75, 3.05) is 17.3 Å². The SMILES string of the molecule is CCCCCCCCCCCCCCCCCCCCSc1cc(CC)cc(SCCCCCCCCCCCCCCCCCCCC)c1SCCCCCCCCCCCCCCCCCCCC. The van der Waals surface area contributed by atoms with Crippen LogP contribution in [-0.4, -0.2) is 17.3 Å². The molecule has 0 N–H and O–H groups in total. The van der Waals surface area contributed by atoms with Crippen molar-refractivity contribution < 1.29 is 0 Å². The summed E-state index contributed by atoms with van der Waals surface area (Å²) in [4.78, 5) is 4.88. The second kappa shape index (κ2) is 59.5. The number of unbranched alkanes of at least 4 members (excludes halogenated alkanes) is 51. The van der Waals surface area contributed by atoms with E-state index in [1.807, 2.05) is 0 Å². The third kappa shape index (κ3) is 49.6. The second-order valence-corrected chi connectivity index (χ2v) is 26.2. The maximum Gasteiger partial charge on any atom is 0.0344 e. The summed E-state index contributed by atoms with van der Waals surface area (Å²) in [7, 11) is 0. The van der Waals surface area contributed by atoms with Crippen LogP contribution in [0.25, 0.3) is 0 Å². The van der Waals surface area contributed by atoms with Gasteiger partial charge < -0.3 is 0 Å². The molecule has 0 saturated heterocycles. The zero-order valence-corrected chi connectivity index (χ0v) is 51.8. The molecule has 0 aromatic heterocycles. The van der Waals surface area contributed by atoms with Gasteiger partial charge in [-0.25, -0.2) is 0 Å². The first-order valence-electron chi connectivity index (χ1n) is 33.3. The van der Waals surface area contributed by atoms with Gasteiger partial charge in [-0.2, -0.15) is 0 Å². The van der Waals surface area contributed by atoms with E-state index in [9.17, 15) is 0 Å². The number of benzene rings is 1. The predicted octanol–water partition coefficient (Wildman–Crippen LogP) is 26.7. The minimum Gasteiger partial charge on any atom is -0.125 e. The van der Waals surface area contributed by atoms with Crippen molar-refractivity contribution in [2.24, 2.45) is 0 Å². The monoisotopic (exact) mass is 1040 g/mol. The lowest BCUT2D eigenvalue weighted by atomic mass is 10.0. The van der Waals surface area contributed by atoms with Crippen LogP contribution in [0.15, 0.2) is 26.8 Å². The number of hydrogen-bond acceptors (Lipinski definition) is 3. The quantitative estimate of drug-likeness (QED) is 0.0471. The second-order valence-electron chi connectivity index (χ2n) is 22.9. The molecule has 420 valence electrons. The maximum atomic E-state index is 2.60. The summed E-state index contributed by atoms with van der Waals surface area (Å²) in [5, 5.41) is 0. The van der Waals surface area contributed by atoms with Crippen LogP contribution in [0.4, 0.5) is 0 Å². The van der Waals surface area contributed by atoms with E-state index >= 15 is 0 Å². The van der Waals surface area contributed by atoms with E-state index in [1.54, 1.807) is 20.2 Å². The Morgan fingerprint density at radius 2 is 0.380 bits per heavy atom. The molecular formula is C68H130S3. The van der Waals surface area contributed by atoms with E-state index in [0.29, 0.717) is 0 Å². The van der Waals surface area contributed by atoms with Gasteiger partial charge in [0.15, 0.2) is 0 Å². The summed E-state index contributed by atoms with van der Waals surface area (Å²) in [6.07, 6.45) is 79.7. The number of aryl methyl sites for hydroxylation is 1. The van der Waals surface area contributed by atoms with Crippen molar-refractivity contribution in [3.8, 4) is 0 Å². The van der Waals surface area contributed by atoms with Gasteiger partial charge in [0.05, 0.1) is 0 Å². The normalized spacial score (nSPS) is 11.7. The van der Waals surface area contributed by atoms with Crippen LogP contribution in [0, 0.1) is 0 Å². The molecule has 0 spiro atoms. The highest BCUT2D eigenvalue weighted by atomic mass is 32.2. The van der Waals surface area contributed by atoms with Crippen molar-refractivity contribution in [1.29, 1.82) is 0 Å². The van der Waals surface area contributed by atoms with Crippen LogP contribution in [0.1, 0.15) is 380 Å². The number of thioether (sulfide) groups is 3. The first kappa shape index (κ1) is 69.3. The zero-order chi connectivity index (χ0) is 50.9. The maximum absolute atomic E-state index is 2.60. The number of hydrogen-bond donors (Lipinski definition) is 0. The predicted molar refractivity (Wildman–Crippen MR) is 334 cm³/mol. The van der Waals surface area contributed by atoms with Crippen LogP contribution >= 0.6 is 35.3 Å². The highest BCUT2D eigenvalue weighted by Crippen LogP contribution is 2.41. The highest BCUT2D eigenvalue weighted by molar-refractivity contribution is 8.03. The first-order valence-corrected chi connectivity index (χ1v) is 36.3. The molecule has 0 amide bonds. The molecule has 0 radical (unpaired) electrons. The Kier molecular flexibility index (Phi) is 58.1. The van der Waals surface area contributed by atoms with E-state index in [0.717, 1.165) is 6.42 Å². The van der Waals surface area contributed by atoms with Crippen molar-refractivity contribution in [3.63, 3.8) is 0 Å². The summed E-state index contributed by atoms with van der Waals surface area (Å²) in [5.74, 6) is 3.88. The fraction of sp³-hybridized carbons (Fsp3) is 0.912. The average molecular weight is 1040 g/mol. The Hall–Kier alpha value is 0.270. The molecular weight excluding hydrogens is 913 g/mol. The molecule has 0 fully saturated rings. The Labute approximate surface area is 462 Å². The Morgan fingerprint density at radius 1 is 0.211 bits per heavy atom. The lowest BCUT2D eigenvalue weighted by Gasteiger charge is -2.16. The Bertz CT molecular complexity index is 1080. The molecule has 0 aliphatic carbocycles. The van der Waals surface area contributed by atoms with Gasteiger partial charge in [0.2, 0.25) is 0 Å². The van der Waals surface area contributed by atoms with Gasteiger partial charge in [-0.1, -0.05) is 355 Å². The van der Waals surface area contributed by atoms with Gasteiger partial charge in [-0.3, -0.25) is 0 Å². The molecule has 0 aliphatic heterocycles. The zero-order valence-electron chi connectivity index (χ0n) is 49.4. The molecule has 1 aromatic rings. The molecule has 3 heteroatoms. The van der Waals surface area contributed by atoms with Crippen LogP contribution in [0.3, 0.4) is 0 Å². The molecule has 0 heterocycles. The highest BCUT2D eigenvalue weighted by Gasteiger charge is 2.13. The van der Waals surface area contributed by atoms with Crippen molar-refractivity contribution in [1.82, 2.24) is 0 Å². The molecule has 0 saturated carbocycles. The topological polar surface area (TPSA) is 0 Å². The van der Waals surface area contributed by atoms with Crippen LogP contribution < -0.4 is 0 Å². The molecule has 0 unspecified atom stereocenters. The van der Waals surface area contributed by atoms with Gasteiger partial charge in [0.25, 0.3) is 0 Å². The van der Waals surface area contributed by atoms with E-state index in [2.05, 4.69) is 75.1 Å². The summed E-state index contributed by atoms with van der Waals surface area (Å²) in [5.41, 5.74) is 1.56. The van der Waals surface area contributed by atoms with E-state index in [-0.39, 0.29) is 0 Å². The summed E-state index contributed by atoms with van der Waals surface area (Å²) in [6.45, 7) is 9.33. The third-order valence-electron chi connectivity index (χ3n) is 15.7. The lowest BCUT2D eigenvalue weighted by molar-refractivity contribution is 0.526. The smallest absolute Gasteiger partial charge is 0.0344 e. The van der Waals surface area contributed by atoms with E-state index in [4.69, 9.17) is 0 Å². The molecule has 0 aliphatic rings. The molecule has 0 nitrogen and oxygen atoms in total. The van der Waals surface area contributed by atoms with Crippen LogP contribution in [0.2, 0.25) is 0 Å². The lowest BCUT2D eigenvalue weighted by Crippen LogP contribution is -1.94. The standard InChI is InChI=1S/C68H130S3/c1-5-9-12-15-18-21-24-27-30-33-36-39-42-45-48-51-54-57-60-69-66-63-65(8-4)64-67(70-61-58-55-52-49-46-43-40-37-34-31-28-25-22-19-16-13-10-6-2)68(66)71-62-59-56-53-50-47-44-41-38-35-32-29-26-23-20-17-14-11-7-3/h63-64H,5-62H2,1-4H3. The average Bonchev–Trinajstić information content (AvgIpc) is 3.38. The molecule has 1 aromatic carbocycles. The van der Waals surface area contributed by atoms with Gasteiger partial charge >= 0.3 is 0 Å². The minimum atomic E-state index is 1.16. The summed E-state index contributed by atoms with van der Waals surface area (Å²) in [6, 6.07) is 5.19. The molecule has 1 rings (SSSR count). The van der Waals surface area contributed by atoms with E-state index in [1.165, 1.54) is 364 Å². The first-order chi connectivity index (χ1) is 35.3. The Morgan fingerprint density at radius 3 is 0.563 bits per heavy atom. The largest absolute Gasteiger partial charge is 0.125 e. The molecule has 0 bridgehead atoms. The van der Waals surface area contributed by atoms with Crippen molar-refractivity contribution in [3.05, 3.63) is 17.7 Å². The van der Waals surface area contributed by atoms with Crippen molar-refractivity contribution in [2.45, 2.75) is 396 Å².